The lowest BCUT2D eigenvalue weighted by molar-refractivity contribution is 0.101. The monoisotopic (exact) mass is 265 g/mol. The van der Waals surface area contributed by atoms with E-state index in [0.29, 0.717) is 5.69 Å². The highest BCUT2D eigenvalue weighted by molar-refractivity contribution is 6.09. The summed E-state index contributed by atoms with van der Waals surface area (Å²) >= 11 is 0. The zero-order valence-electron chi connectivity index (χ0n) is 11.4. The zero-order chi connectivity index (χ0) is 14.1. The van der Waals surface area contributed by atoms with Gasteiger partial charge in [-0.1, -0.05) is 30.3 Å². The lowest BCUT2D eigenvalue weighted by Gasteiger charge is -2.05. The molecular formula is C17H15NO2. The normalized spacial score (nSPS) is 10.7. The first-order valence-corrected chi connectivity index (χ1v) is 6.47. The van der Waals surface area contributed by atoms with Crippen molar-refractivity contribution in [2.24, 2.45) is 0 Å². The maximum absolute atomic E-state index is 11.9. The Hall–Kier alpha value is -2.55. The maximum atomic E-state index is 11.9. The van der Waals surface area contributed by atoms with Gasteiger partial charge in [0, 0.05) is 23.4 Å². The van der Waals surface area contributed by atoms with Crippen molar-refractivity contribution in [1.82, 2.24) is 4.98 Å². The summed E-state index contributed by atoms with van der Waals surface area (Å²) < 4.78 is 5.18. The quantitative estimate of drug-likeness (QED) is 0.726. The summed E-state index contributed by atoms with van der Waals surface area (Å²) in [5.74, 6) is 0.838. The molecular weight excluding hydrogens is 250 g/mol. The average molecular weight is 265 g/mol. The molecule has 3 nitrogen and oxygen atoms in total. The van der Waals surface area contributed by atoms with Crippen LogP contribution in [-0.4, -0.2) is 17.9 Å². The third kappa shape index (κ3) is 1.97. The Kier molecular flexibility index (Phi) is 3.03. The van der Waals surface area contributed by atoms with Crippen LogP contribution >= 0.6 is 0 Å². The van der Waals surface area contributed by atoms with Crippen LogP contribution in [0.25, 0.3) is 22.0 Å². The highest BCUT2D eigenvalue weighted by Crippen LogP contribution is 2.33. The molecule has 0 bridgehead atoms. The molecule has 0 aliphatic rings. The minimum absolute atomic E-state index is 0.0343. The molecule has 0 saturated heterocycles. The van der Waals surface area contributed by atoms with Gasteiger partial charge in [0.2, 0.25) is 0 Å². The molecule has 0 unspecified atom stereocenters. The van der Waals surface area contributed by atoms with E-state index in [1.165, 1.54) is 0 Å². The number of carbonyl (C=O) groups is 1. The number of aromatic amines is 1. The largest absolute Gasteiger partial charge is 0.497 e. The Morgan fingerprint density at radius 3 is 2.40 bits per heavy atom. The molecule has 3 heteroatoms. The van der Waals surface area contributed by atoms with Crippen LogP contribution in [-0.2, 0) is 0 Å². The Morgan fingerprint density at radius 2 is 1.75 bits per heavy atom. The lowest BCUT2D eigenvalue weighted by atomic mass is 10.0. The van der Waals surface area contributed by atoms with Gasteiger partial charge in [0.1, 0.15) is 5.75 Å². The minimum Gasteiger partial charge on any atom is -0.497 e. The van der Waals surface area contributed by atoms with Gasteiger partial charge in [-0.25, -0.2) is 0 Å². The Morgan fingerprint density at radius 1 is 1.05 bits per heavy atom. The van der Waals surface area contributed by atoms with E-state index in [-0.39, 0.29) is 5.78 Å². The van der Waals surface area contributed by atoms with Gasteiger partial charge in [-0.15, -0.1) is 0 Å². The second-order valence-corrected chi connectivity index (χ2v) is 4.71. The fourth-order valence-corrected chi connectivity index (χ4v) is 2.46. The predicted octanol–water partition coefficient (Wildman–Crippen LogP) is 4.05. The van der Waals surface area contributed by atoms with E-state index >= 15 is 0 Å². The standard InChI is InChI=1S/C17H15NO2/c1-11(19)17-16(12-7-9-13(20-2)10-8-12)14-5-3-4-6-15(14)18-17/h3-10,18H,1-2H3. The zero-order valence-corrected chi connectivity index (χ0v) is 11.4. The van der Waals surface area contributed by atoms with Crippen molar-refractivity contribution in [2.75, 3.05) is 7.11 Å². The van der Waals surface area contributed by atoms with E-state index in [1.807, 2.05) is 48.5 Å². The molecule has 0 fully saturated rings. The summed E-state index contributed by atoms with van der Waals surface area (Å²) in [5.41, 5.74) is 3.59. The number of rotatable bonds is 3. The van der Waals surface area contributed by atoms with Crippen molar-refractivity contribution in [2.45, 2.75) is 6.92 Å². The number of H-pyrrole nitrogens is 1. The number of benzene rings is 2. The Balaban J connectivity index is 2.27. The summed E-state index contributed by atoms with van der Waals surface area (Å²) in [4.78, 5) is 15.1. The van der Waals surface area contributed by atoms with Crippen molar-refractivity contribution in [3.05, 3.63) is 54.2 Å². The summed E-state index contributed by atoms with van der Waals surface area (Å²) in [6.07, 6.45) is 0. The van der Waals surface area contributed by atoms with Crippen LogP contribution in [0.1, 0.15) is 17.4 Å². The fourth-order valence-electron chi connectivity index (χ4n) is 2.46. The molecule has 2 aromatic carbocycles. The Bertz CT molecular complexity index is 769. The molecule has 100 valence electrons. The smallest absolute Gasteiger partial charge is 0.176 e. The molecule has 0 aliphatic heterocycles. The van der Waals surface area contributed by atoms with Gasteiger partial charge in [-0.05, 0) is 23.8 Å². The highest BCUT2D eigenvalue weighted by Gasteiger charge is 2.16. The van der Waals surface area contributed by atoms with Gasteiger partial charge in [0.25, 0.3) is 0 Å². The first-order valence-electron chi connectivity index (χ1n) is 6.47. The minimum atomic E-state index is 0.0343. The van der Waals surface area contributed by atoms with Crippen LogP contribution in [0.5, 0.6) is 5.75 Å². The second-order valence-electron chi connectivity index (χ2n) is 4.71. The van der Waals surface area contributed by atoms with Crippen LogP contribution in [0.15, 0.2) is 48.5 Å². The molecule has 0 atom stereocenters. The molecule has 3 aromatic rings. The van der Waals surface area contributed by atoms with Crippen molar-refractivity contribution >= 4 is 16.7 Å². The number of nitrogens with one attached hydrogen (secondary N) is 1. The number of ketones is 1. The van der Waals surface area contributed by atoms with Crippen LogP contribution in [0.3, 0.4) is 0 Å². The molecule has 3 rings (SSSR count). The number of carbonyl (C=O) groups excluding carboxylic acids is 1. The van der Waals surface area contributed by atoms with E-state index in [9.17, 15) is 4.79 Å². The van der Waals surface area contributed by atoms with Crippen molar-refractivity contribution < 1.29 is 9.53 Å². The second kappa shape index (κ2) is 4.85. The maximum Gasteiger partial charge on any atom is 0.176 e. The fraction of sp³-hybridized carbons (Fsp3) is 0.118. The average Bonchev–Trinajstić information content (AvgIpc) is 2.87. The molecule has 0 saturated carbocycles. The number of hydrogen-bond acceptors (Lipinski definition) is 2. The van der Waals surface area contributed by atoms with Gasteiger partial charge in [-0.3, -0.25) is 4.79 Å². The number of hydrogen-bond donors (Lipinski definition) is 1. The van der Waals surface area contributed by atoms with Gasteiger partial charge in [-0.2, -0.15) is 0 Å². The Labute approximate surface area is 117 Å². The molecule has 20 heavy (non-hydrogen) atoms. The predicted molar refractivity (Wildman–Crippen MR) is 80.3 cm³/mol. The third-order valence-electron chi connectivity index (χ3n) is 3.44. The number of aromatic nitrogens is 1. The number of Topliss-reactive ketones (excluding diaryl/α,β-unsaturated/α-hetero) is 1. The molecule has 1 aromatic heterocycles. The SMILES string of the molecule is COc1ccc(-c2c(C(C)=O)[nH]c3ccccc23)cc1. The van der Waals surface area contributed by atoms with E-state index in [2.05, 4.69) is 4.98 Å². The molecule has 1 heterocycles. The van der Waals surface area contributed by atoms with Crippen LogP contribution in [0.4, 0.5) is 0 Å². The summed E-state index contributed by atoms with van der Waals surface area (Å²) in [5, 5.41) is 1.06. The van der Waals surface area contributed by atoms with E-state index in [0.717, 1.165) is 27.8 Å². The van der Waals surface area contributed by atoms with Gasteiger partial charge in [0.05, 0.1) is 12.8 Å². The van der Waals surface area contributed by atoms with Crippen molar-refractivity contribution in [1.29, 1.82) is 0 Å². The molecule has 1 N–H and O–H groups in total. The van der Waals surface area contributed by atoms with Gasteiger partial charge < -0.3 is 9.72 Å². The topological polar surface area (TPSA) is 42.1 Å². The summed E-state index contributed by atoms with van der Waals surface area (Å²) in [6, 6.07) is 15.7. The molecule has 0 spiro atoms. The number of ether oxygens (including phenoxy) is 1. The van der Waals surface area contributed by atoms with Gasteiger partial charge >= 0.3 is 0 Å². The van der Waals surface area contributed by atoms with Gasteiger partial charge in [0.15, 0.2) is 5.78 Å². The van der Waals surface area contributed by atoms with E-state index in [1.54, 1.807) is 14.0 Å². The summed E-state index contributed by atoms with van der Waals surface area (Å²) in [7, 11) is 1.64. The van der Waals surface area contributed by atoms with Crippen LogP contribution in [0, 0.1) is 0 Å². The molecule has 0 radical (unpaired) electrons. The summed E-state index contributed by atoms with van der Waals surface area (Å²) in [6.45, 7) is 1.58. The molecule has 0 amide bonds. The highest BCUT2D eigenvalue weighted by atomic mass is 16.5. The first-order chi connectivity index (χ1) is 9.70. The van der Waals surface area contributed by atoms with Crippen molar-refractivity contribution in [3.63, 3.8) is 0 Å². The van der Waals surface area contributed by atoms with Crippen LogP contribution < -0.4 is 4.74 Å². The number of fused-ring (bicyclic) bond motifs is 1. The molecule has 0 aliphatic carbocycles. The van der Waals surface area contributed by atoms with Crippen LogP contribution in [0.2, 0.25) is 0 Å². The van der Waals surface area contributed by atoms with E-state index in [4.69, 9.17) is 4.74 Å². The van der Waals surface area contributed by atoms with E-state index < -0.39 is 0 Å². The van der Waals surface area contributed by atoms with Crippen molar-refractivity contribution in [3.8, 4) is 16.9 Å². The lowest BCUT2D eigenvalue weighted by Crippen LogP contribution is -1.95. The third-order valence-corrected chi connectivity index (χ3v) is 3.44. The first kappa shape index (κ1) is 12.5. The number of methoxy groups -OCH3 is 1. The number of para-hydroxylation sites is 1.